The van der Waals surface area contributed by atoms with Gasteiger partial charge < -0.3 is 9.73 Å². The molecule has 1 aromatic heterocycles. The predicted molar refractivity (Wildman–Crippen MR) is 88.2 cm³/mol. The summed E-state index contributed by atoms with van der Waals surface area (Å²) in [6, 6.07) is 4.75. The average molecular weight is 292 g/mol. The number of nitrogens with zero attached hydrogens (tertiary/aromatic N) is 1. The molecule has 0 aromatic carbocycles. The quantitative estimate of drug-likeness (QED) is 0.787. The van der Waals surface area contributed by atoms with Crippen LogP contribution in [0.3, 0.4) is 0 Å². The highest BCUT2D eigenvalue weighted by Crippen LogP contribution is 2.32. The fraction of sp³-hybridized carbons (Fsp3) is 0.778. The van der Waals surface area contributed by atoms with Gasteiger partial charge in [0.05, 0.1) is 12.8 Å². The van der Waals surface area contributed by atoms with Gasteiger partial charge >= 0.3 is 0 Å². The highest BCUT2D eigenvalue weighted by Gasteiger charge is 2.30. The van der Waals surface area contributed by atoms with Crippen molar-refractivity contribution in [3.63, 3.8) is 0 Å². The van der Waals surface area contributed by atoms with Gasteiger partial charge in [0, 0.05) is 12.6 Å². The van der Waals surface area contributed by atoms with Crippen LogP contribution in [-0.4, -0.2) is 31.1 Å². The van der Waals surface area contributed by atoms with E-state index in [1.807, 2.05) is 6.07 Å². The van der Waals surface area contributed by atoms with Crippen LogP contribution < -0.4 is 5.32 Å². The van der Waals surface area contributed by atoms with Crippen molar-refractivity contribution in [3.8, 4) is 0 Å². The standard InChI is InChI=1S/C18H32N2O/c1-4-7-15-9-10-18(19-3)16(12-15)13-20(5-2)14-17-8-6-11-21-17/h6,8,11,15-16,18-19H,4-5,7,9-10,12-14H2,1-3H3. The number of furan rings is 1. The van der Waals surface area contributed by atoms with E-state index >= 15 is 0 Å². The molecule has 0 amide bonds. The topological polar surface area (TPSA) is 28.4 Å². The molecule has 0 saturated heterocycles. The molecular formula is C18H32N2O. The molecule has 3 nitrogen and oxygen atoms in total. The lowest BCUT2D eigenvalue weighted by Gasteiger charge is -2.38. The fourth-order valence-electron chi connectivity index (χ4n) is 3.87. The second-order valence-corrected chi connectivity index (χ2v) is 6.53. The summed E-state index contributed by atoms with van der Waals surface area (Å²) in [5.41, 5.74) is 0. The van der Waals surface area contributed by atoms with Gasteiger partial charge in [0.15, 0.2) is 0 Å². The SMILES string of the molecule is CCCC1CCC(NC)C(CN(CC)Cc2ccco2)C1. The van der Waals surface area contributed by atoms with Crippen molar-refractivity contribution in [2.45, 2.75) is 58.5 Å². The van der Waals surface area contributed by atoms with Crippen LogP contribution in [0.2, 0.25) is 0 Å². The molecular weight excluding hydrogens is 260 g/mol. The monoisotopic (exact) mass is 292 g/mol. The van der Waals surface area contributed by atoms with Crippen LogP contribution in [0, 0.1) is 11.8 Å². The minimum Gasteiger partial charge on any atom is -0.468 e. The predicted octanol–water partition coefficient (Wildman–Crippen LogP) is 3.91. The molecule has 0 spiro atoms. The van der Waals surface area contributed by atoms with Gasteiger partial charge in [0.25, 0.3) is 0 Å². The van der Waals surface area contributed by atoms with Gasteiger partial charge in [-0.05, 0) is 56.8 Å². The molecule has 1 saturated carbocycles. The Bertz CT molecular complexity index is 377. The lowest BCUT2D eigenvalue weighted by Crippen LogP contribution is -2.44. The summed E-state index contributed by atoms with van der Waals surface area (Å²) < 4.78 is 5.51. The van der Waals surface area contributed by atoms with E-state index in [2.05, 4.69) is 37.2 Å². The Balaban J connectivity index is 1.92. The van der Waals surface area contributed by atoms with Crippen LogP contribution in [0.15, 0.2) is 22.8 Å². The van der Waals surface area contributed by atoms with Crippen LogP contribution in [0.5, 0.6) is 0 Å². The summed E-state index contributed by atoms with van der Waals surface area (Å²) in [5, 5.41) is 3.55. The van der Waals surface area contributed by atoms with Gasteiger partial charge in [-0.3, -0.25) is 4.90 Å². The second kappa shape index (κ2) is 8.60. The van der Waals surface area contributed by atoms with E-state index in [9.17, 15) is 0 Å². The highest BCUT2D eigenvalue weighted by molar-refractivity contribution is 4.98. The molecule has 3 unspecified atom stereocenters. The third-order valence-electron chi connectivity index (χ3n) is 5.06. The van der Waals surface area contributed by atoms with E-state index in [1.165, 1.54) is 38.6 Å². The van der Waals surface area contributed by atoms with Crippen molar-refractivity contribution in [1.29, 1.82) is 0 Å². The normalized spacial score (nSPS) is 26.4. The Morgan fingerprint density at radius 2 is 2.19 bits per heavy atom. The lowest BCUT2D eigenvalue weighted by molar-refractivity contribution is 0.134. The smallest absolute Gasteiger partial charge is 0.117 e. The van der Waals surface area contributed by atoms with Crippen molar-refractivity contribution < 1.29 is 4.42 Å². The van der Waals surface area contributed by atoms with Gasteiger partial charge in [-0.15, -0.1) is 0 Å². The largest absolute Gasteiger partial charge is 0.468 e. The van der Waals surface area contributed by atoms with Gasteiger partial charge in [0.2, 0.25) is 0 Å². The molecule has 1 aromatic rings. The zero-order valence-electron chi connectivity index (χ0n) is 14.0. The first-order valence-corrected chi connectivity index (χ1v) is 8.68. The van der Waals surface area contributed by atoms with E-state index < -0.39 is 0 Å². The molecule has 1 aliphatic carbocycles. The van der Waals surface area contributed by atoms with E-state index in [1.54, 1.807) is 6.26 Å². The molecule has 21 heavy (non-hydrogen) atoms. The molecule has 1 N–H and O–H groups in total. The maximum absolute atomic E-state index is 5.51. The van der Waals surface area contributed by atoms with E-state index in [-0.39, 0.29) is 0 Å². The number of hydrogen-bond acceptors (Lipinski definition) is 3. The van der Waals surface area contributed by atoms with E-state index in [4.69, 9.17) is 4.42 Å². The van der Waals surface area contributed by atoms with Crippen molar-refractivity contribution in [2.24, 2.45) is 11.8 Å². The first kappa shape index (κ1) is 16.6. The second-order valence-electron chi connectivity index (χ2n) is 6.53. The Labute approximate surface area is 130 Å². The summed E-state index contributed by atoms with van der Waals surface area (Å²) >= 11 is 0. The molecule has 1 aliphatic rings. The van der Waals surface area contributed by atoms with E-state index in [0.717, 1.165) is 30.7 Å². The number of hydrogen-bond donors (Lipinski definition) is 1. The first-order valence-electron chi connectivity index (χ1n) is 8.68. The van der Waals surface area contributed by atoms with Crippen LogP contribution in [0.1, 0.15) is 51.7 Å². The van der Waals surface area contributed by atoms with Gasteiger partial charge in [-0.1, -0.05) is 26.7 Å². The molecule has 0 aliphatic heterocycles. The maximum atomic E-state index is 5.51. The summed E-state index contributed by atoms with van der Waals surface area (Å²) in [6.07, 6.45) is 8.62. The first-order chi connectivity index (χ1) is 10.3. The van der Waals surface area contributed by atoms with Crippen molar-refractivity contribution >= 4 is 0 Å². The molecule has 120 valence electrons. The summed E-state index contributed by atoms with van der Waals surface area (Å²) in [4.78, 5) is 2.53. The summed E-state index contributed by atoms with van der Waals surface area (Å²) in [7, 11) is 2.13. The molecule has 2 rings (SSSR count). The van der Waals surface area contributed by atoms with Crippen LogP contribution in [-0.2, 0) is 6.54 Å². The van der Waals surface area contributed by atoms with Gasteiger partial charge in [0.1, 0.15) is 5.76 Å². The molecule has 0 bridgehead atoms. The number of nitrogens with one attached hydrogen (secondary N) is 1. The Kier molecular flexibility index (Phi) is 6.78. The van der Waals surface area contributed by atoms with Crippen LogP contribution >= 0.6 is 0 Å². The van der Waals surface area contributed by atoms with Gasteiger partial charge in [-0.2, -0.15) is 0 Å². The summed E-state index contributed by atoms with van der Waals surface area (Å²) in [5.74, 6) is 2.79. The minimum atomic E-state index is 0.684. The molecule has 3 atom stereocenters. The van der Waals surface area contributed by atoms with Crippen molar-refractivity contribution in [1.82, 2.24) is 10.2 Å². The zero-order valence-corrected chi connectivity index (χ0v) is 14.0. The maximum Gasteiger partial charge on any atom is 0.117 e. The third kappa shape index (κ3) is 4.86. The van der Waals surface area contributed by atoms with Crippen LogP contribution in [0.25, 0.3) is 0 Å². The Morgan fingerprint density at radius 1 is 1.33 bits per heavy atom. The third-order valence-corrected chi connectivity index (χ3v) is 5.06. The molecule has 0 radical (unpaired) electrons. The van der Waals surface area contributed by atoms with E-state index in [0.29, 0.717) is 6.04 Å². The van der Waals surface area contributed by atoms with Crippen molar-refractivity contribution in [3.05, 3.63) is 24.2 Å². The lowest BCUT2D eigenvalue weighted by atomic mass is 9.76. The average Bonchev–Trinajstić information content (AvgIpc) is 3.00. The molecule has 1 heterocycles. The van der Waals surface area contributed by atoms with Crippen molar-refractivity contribution in [2.75, 3.05) is 20.1 Å². The van der Waals surface area contributed by atoms with Crippen LogP contribution in [0.4, 0.5) is 0 Å². The molecule has 1 fully saturated rings. The Hall–Kier alpha value is -0.800. The number of rotatable bonds is 8. The highest BCUT2D eigenvalue weighted by atomic mass is 16.3. The minimum absolute atomic E-state index is 0.684. The fourth-order valence-corrected chi connectivity index (χ4v) is 3.87. The Morgan fingerprint density at radius 3 is 2.81 bits per heavy atom. The van der Waals surface area contributed by atoms with Gasteiger partial charge in [-0.25, -0.2) is 0 Å². The molecule has 3 heteroatoms. The summed E-state index contributed by atoms with van der Waals surface area (Å²) in [6.45, 7) is 7.78. The zero-order chi connectivity index (χ0) is 15.1.